The van der Waals surface area contributed by atoms with Gasteiger partial charge >= 0.3 is 6.18 Å². The summed E-state index contributed by atoms with van der Waals surface area (Å²) in [6, 6.07) is 9.53. The highest BCUT2D eigenvalue weighted by atomic mass is 32.2. The van der Waals surface area contributed by atoms with Crippen molar-refractivity contribution in [1.29, 1.82) is 0 Å². The number of hydrogen-bond acceptors (Lipinski definition) is 4. The summed E-state index contributed by atoms with van der Waals surface area (Å²) in [5, 5.41) is 9.86. The summed E-state index contributed by atoms with van der Waals surface area (Å²) in [6.45, 7) is 0. The van der Waals surface area contributed by atoms with E-state index < -0.39 is 28.6 Å². The molecule has 0 aliphatic carbocycles. The van der Waals surface area contributed by atoms with Gasteiger partial charge in [-0.1, -0.05) is 35.3 Å². The van der Waals surface area contributed by atoms with Crippen LogP contribution >= 0.6 is 0 Å². The average Bonchev–Trinajstić information content (AvgIpc) is 2.52. The van der Waals surface area contributed by atoms with Crippen molar-refractivity contribution in [2.75, 3.05) is 0 Å². The molecule has 1 aromatic heterocycles. The van der Waals surface area contributed by atoms with E-state index in [1.54, 1.807) is 6.07 Å². The summed E-state index contributed by atoms with van der Waals surface area (Å²) >= 11 is -2.45. The molecule has 0 fully saturated rings. The number of para-hydroxylation sites is 1. The van der Waals surface area contributed by atoms with Crippen molar-refractivity contribution in [3.63, 3.8) is 0 Å². The second-order valence-corrected chi connectivity index (χ2v) is 6.25. The predicted molar refractivity (Wildman–Crippen MR) is 86.5 cm³/mol. The number of hydrogen-bond donors (Lipinski definition) is 1. The molecule has 0 spiro atoms. The van der Waals surface area contributed by atoms with Crippen LogP contribution < -0.4 is 0 Å². The first-order chi connectivity index (χ1) is 11.8. The zero-order valence-electron chi connectivity index (χ0n) is 12.6. The molecular weight excluding hydrogens is 355 g/mol. The van der Waals surface area contributed by atoms with Crippen LogP contribution in [0, 0.1) is 0 Å². The number of rotatable bonds is 3. The van der Waals surface area contributed by atoms with Crippen molar-refractivity contribution < 1.29 is 27.0 Å². The topological polar surface area (TPSA) is 73.2 Å². The second kappa shape index (κ2) is 6.45. The predicted octanol–water partition coefficient (Wildman–Crippen LogP) is 4.01. The number of aromatic hydroxyl groups is 1. The van der Waals surface area contributed by atoms with Gasteiger partial charge in [-0.2, -0.15) is 13.2 Å². The lowest BCUT2D eigenvalue weighted by atomic mass is 9.95. The van der Waals surface area contributed by atoms with Gasteiger partial charge in [-0.25, -0.2) is 0 Å². The van der Waals surface area contributed by atoms with Crippen molar-refractivity contribution in [3.8, 4) is 16.9 Å². The Hall–Kier alpha value is -2.45. The molecule has 2 aromatic carbocycles. The summed E-state index contributed by atoms with van der Waals surface area (Å²) in [6.07, 6.45) is -3.46. The van der Waals surface area contributed by atoms with E-state index in [2.05, 4.69) is 4.98 Å². The minimum atomic E-state index is -4.59. The Kier molecular flexibility index (Phi) is 4.49. The molecule has 1 unspecified atom stereocenters. The molecule has 0 aliphatic rings. The lowest BCUT2D eigenvalue weighted by molar-refractivity contribution is -0.136. The Bertz CT molecular complexity index is 973. The molecule has 8 heteroatoms. The molecule has 0 radical (unpaired) electrons. The molecular formula is C17H11F3NO3S-. The maximum absolute atomic E-state index is 13.2. The normalized spacial score (nSPS) is 13.1. The Morgan fingerprint density at radius 1 is 1.16 bits per heavy atom. The first-order valence-corrected chi connectivity index (χ1v) is 8.35. The number of halogens is 3. The Labute approximate surface area is 143 Å². The molecule has 0 aliphatic heterocycles. The van der Waals surface area contributed by atoms with Crippen molar-refractivity contribution in [1.82, 2.24) is 4.98 Å². The van der Waals surface area contributed by atoms with Crippen LogP contribution in [-0.4, -0.2) is 18.9 Å². The summed E-state index contributed by atoms with van der Waals surface area (Å²) in [5.41, 5.74) is -0.205. The van der Waals surface area contributed by atoms with Crippen LogP contribution in [0.4, 0.5) is 13.2 Å². The largest absolute Gasteiger partial charge is 0.772 e. The molecule has 0 saturated heterocycles. The van der Waals surface area contributed by atoms with Gasteiger partial charge in [0.2, 0.25) is 0 Å². The van der Waals surface area contributed by atoms with Gasteiger partial charge in [0.05, 0.1) is 11.1 Å². The van der Waals surface area contributed by atoms with Crippen molar-refractivity contribution in [3.05, 3.63) is 59.8 Å². The monoisotopic (exact) mass is 366 g/mol. The van der Waals surface area contributed by atoms with E-state index >= 15 is 0 Å². The summed E-state index contributed by atoms with van der Waals surface area (Å²) in [5.74, 6) is -0.479. The third-order valence-corrected chi connectivity index (χ3v) is 4.24. The lowest BCUT2D eigenvalue weighted by Gasteiger charge is -2.17. The number of pyridine rings is 1. The van der Waals surface area contributed by atoms with Crippen LogP contribution in [0.1, 0.15) is 11.1 Å². The molecule has 0 bridgehead atoms. The Morgan fingerprint density at radius 3 is 2.52 bits per heavy atom. The molecule has 1 heterocycles. The molecule has 25 heavy (non-hydrogen) atoms. The molecule has 3 rings (SSSR count). The fraction of sp³-hybridized carbons (Fsp3) is 0.118. The van der Waals surface area contributed by atoms with E-state index in [4.69, 9.17) is 0 Å². The van der Waals surface area contributed by atoms with E-state index in [1.807, 2.05) is 0 Å². The van der Waals surface area contributed by atoms with Gasteiger partial charge in [0.25, 0.3) is 0 Å². The first kappa shape index (κ1) is 17.4. The van der Waals surface area contributed by atoms with E-state index in [9.17, 15) is 27.0 Å². The number of alkyl halides is 3. The van der Waals surface area contributed by atoms with Crippen LogP contribution in [0.25, 0.3) is 22.0 Å². The average molecular weight is 366 g/mol. The number of nitrogens with zero attached hydrogens (tertiary/aromatic N) is 1. The molecule has 1 atom stereocenters. The van der Waals surface area contributed by atoms with Crippen LogP contribution in [0.15, 0.2) is 48.7 Å². The van der Waals surface area contributed by atoms with Crippen molar-refractivity contribution in [2.45, 2.75) is 11.9 Å². The van der Waals surface area contributed by atoms with Gasteiger partial charge < -0.3 is 9.66 Å². The fourth-order valence-corrected chi connectivity index (χ4v) is 3.20. The molecule has 4 nitrogen and oxygen atoms in total. The van der Waals surface area contributed by atoms with Crippen LogP contribution in [0.5, 0.6) is 5.75 Å². The fourth-order valence-electron chi connectivity index (χ4n) is 2.73. The first-order valence-electron chi connectivity index (χ1n) is 7.10. The number of fused-ring (bicyclic) bond motifs is 1. The van der Waals surface area contributed by atoms with Crippen molar-refractivity contribution in [2.24, 2.45) is 0 Å². The van der Waals surface area contributed by atoms with Gasteiger partial charge in [-0.05, 0) is 34.9 Å². The standard InChI is InChI=1S/C17H12F3NO3S/c18-17(19,20)14-6-2-5-13-15(10-3-1-4-12(22)7-10)11(9-25(23)24)8-21-16(13)14/h1-8,22H,9H2,(H,23,24)/p-1. The number of benzene rings is 2. The van der Waals surface area contributed by atoms with Gasteiger partial charge in [-0.3, -0.25) is 9.19 Å². The van der Waals surface area contributed by atoms with E-state index in [0.717, 1.165) is 12.3 Å². The maximum atomic E-state index is 13.2. The van der Waals surface area contributed by atoms with Crippen molar-refractivity contribution >= 4 is 22.0 Å². The number of phenolic OH excluding ortho intramolecular Hbond substituents is 1. The molecule has 0 saturated carbocycles. The van der Waals surface area contributed by atoms with E-state index in [0.29, 0.717) is 11.1 Å². The van der Waals surface area contributed by atoms with E-state index in [1.165, 1.54) is 30.3 Å². The minimum Gasteiger partial charge on any atom is -0.772 e. The molecule has 130 valence electrons. The summed E-state index contributed by atoms with van der Waals surface area (Å²) in [4.78, 5) is 3.85. The summed E-state index contributed by atoms with van der Waals surface area (Å²) in [7, 11) is 0. The third-order valence-electron chi connectivity index (χ3n) is 3.69. The Morgan fingerprint density at radius 2 is 1.88 bits per heavy atom. The number of aromatic nitrogens is 1. The number of phenols is 1. The van der Waals surface area contributed by atoms with Crippen LogP contribution in [0.3, 0.4) is 0 Å². The Balaban J connectivity index is 2.39. The van der Waals surface area contributed by atoms with Gasteiger partial charge in [0.1, 0.15) is 5.75 Å². The van der Waals surface area contributed by atoms with Gasteiger partial charge in [0.15, 0.2) is 0 Å². The maximum Gasteiger partial charge on any atom is 0.418 e. The quantitative estimate of drug-likeness (QED) is 0.711. The minimum absolute atomic E-state index is 0.0800. The highest BCUT2D eigenvalue weighted by Gasteiger charge is 2.33. The van der Waals surface area contributed by atoms with Crippen LogP contribution in [0.2, 0.25) is 0 Å². The molecule has 1 N–H and O–H groups in total. The zero-order valence-corrected chi connectivity index (χ0v) is 13.4. The highest BCUT2D eigenvalue weighted by molar-refractivity contribution is 7.78. The van der Waals surface area contributed by atoms with Gasteiger partial charge in [-0.15, -0.1) is 0 Å². The second-order valence-electron chi connectivity index (χ2n) is 5.36. The molecule has 0 amide bonds. The summed E-state index contributed by atoms with van der Waals surface area (Å²) < 4.78 is 62.0. The van der Waals surface area contributed by atoms with Crippen LogP contribution in [-0.2, 0) is 23.0 Å². The highest BCUT2D eigenvalue weighted by Crippen LogP contribution is 2.39. The van der Waals surface area contributed by atoms with Gasteiger partial charge in [0, 0.05) is 17.3 Å². The zero-order chi connectivity index (χ0) is 18.2. The molecule has 3 aromatic rings. The SMILES string of the molecule is O=S([O-])Cc1cnc2c(C(F)(F)F)cccc2c1-c1cccc(O)c1. The van der Waals surface area contributed by atoms with E-state index in [-0.39, 0.29) is 22.2 Å². The lowest BCUT2D eigenvalue weighted by Crippen LogP contribution is -2.08. The third kappa shape index (κ3) is 3.49. The smallest absolute Gasteiger partial charge is 0.418 e.